The molecule has 2 heterocycles. The predicted molar refractivity (Wildman–Crippen MR) is 123 cm³/mol. The average Bonchev–Trinajstić information content (AvgIpc) is 2.96. The van der Waals surface area contributed by atoms with E-state index in [-0.39, 0.29) is 36.1 Å². The van der Waals surface area contributed by atoms with Crippen LogP contribution in [0.3, 0.4) is 0 Å². The van der Waals surface area contributed by atoms with Gasteiger partial charge >= 0.3 is 6.09 Å². The van der Waals surface area contributed by atoms with Gasteiger partial charge in [0.2, 0.25) is 0 Å². The van der Waals surface area contributed by atoms with Crippen molar-refractivity contribution in [3.05, 3.63) is 36.0 Å². The van der Waals surface area contributed by atoms with Gasteiger partial charge in [0.25, 0.3) is 0 Å². The quantitative estimate of drug-likeness (QED) is 0.342. The first-order valence-corrected chi connectivity index (χ1v) is 9.43. The fraction of sp³-hybridized carbons (Fsp3) is 0.500. The first kappa shape index (κ1) is 22.3. The Hall–Kier alpha value is -1.97. The minimum Gasteiger partial charge on any atom is -0.444 e. The van der Waals surface area contributed by atoms with Gasteiger partial charge in [-0.3, -0.25) is 0 Å². The number of guanidine groups is 1. The van der Waals surface area contributed by atoms with Crippen LogP contribution in [-0.2, 0) is 11.3 Å². The van der Waals surface area contributed by atoms with Gasteiger partial charge in [-0.1, -0.05) is 18.2 Å². The van der Waals surface area contributed by atoms with Crippen LogP contribution >= 0.6 is 24.0 Å². The molecule has 0 saturated carbocycles. The summed E-state index contributed by atoms with van der Waals surface area (Å²) in [5.41, 5.74) is 1.72. The Morgan fingerprint density at radius 1 is 1.32 bits per heavy atom. The Morgan fingerprint density at radius 2 is 2.04 bits per heavy atom. The van der Waals surface area contributed by atoms with Crippen LogP contribution in [0.5, 0.6) is 0 Å². The molecule has 3 rings (SSSR count). The molecule has 0 atom stereocenters. The predicted octanol–water partition coefficient (Wildman–Crippen LogP) is 3.46. The highest BCUT2D eigenvalue weighted by molar-refractivity contribution is 14.0. The molecule has 0 unspecified atom stereocenters. The Bertz CT molecular complexity index is 788. The third-order valence-electron chi connectivity index (χ3n) is 4.21. The van der Waals surface area contributed by atoms with Gasteiger partial charge in [-0.25, -0.2) is 9.79 Å². The number of para-hydroxylation sites is 1. The Labute approximate surface area is 183 Å². The summed E-state index contributed by atoms with van der Waals surface area (Å²) in [6, 6.07) is 10.5. The standard InChI is InChI=1S/C20H29N5O2.HI/c1-5-21-18(22-11-15-10-14-8-6-7-9-17(14)23-15)24-16-12-25(13-16)19(26)27-20(2,3)4;/h6-10,16,23H,5,11-13H2,1-4H3,(H2,21,22,24);1H. The third kappa shape index (κ3) is 6.02. The van der Waals surface area contributed by atoms with Crippen molar-refractivity contribution in [2.45, 2.75) is 45.9 Å². The molecule has 1 fully saturated rings. The number of aliphatic imine (C=N–C) groups is 1. The molecule has 154 valence electrons. The van der Waals surface area contributed by atoms with Crippen molar-refractivity contribution in [3.8, 4) is 0 Å². The normalized spacial score (nSPS) is 15.0. The number of aromatic nitrogens is 1. The van der Waals surface area contributed by atoms with Gasteiger partial charge in [0.15, 0.2) is 5.96 Å². The molecule has 1 aliphatic heterocycles. The van der Waals surface area contributed by atoms with E-state index in [1.54, 1.807) is 4.90 Å². The summed E-state index contributed by atoms with van der Waals surface area (Å²) in [6.07, 6.45) is -0.263. The van der Waals surface area contributed by atoms with E-state index >= 15 is 0 Å². The largest absolute Gasteiger partial charge is 0.444 e. The second kappa shape index (κ2) is 9.49. The first-order valence-electron chi connectivity index (χ1n) is 9.43. The molecule has 1 saturated heterocycles. The fourth-order valence-electron chi connectivity index (χ4n) is 2.94. The highest BCUT2D eigenvalue weighted by Gasteiger charge is 2.34. The summed E-state index contributed by atoms with van der Waals surface area (Å²) in [5, 5.41) is 7.83. The molecule has 7 nitrogen and oxygen atoms in total. The lowest BCUT2D eigenvalue weighted by Gasteiger charge is -2.40. The number of nitrogens with zero attached hydrogens (tertiary/aromatic N) is 2. The second-order valence-corrected chi connectivity index (χ2v) is 7.80. The zero-order chi connectivity index (χ0) is 19.4. The van der Waals surface area contributed by atoms with E-state index < -0.39 is 5.60 Å². The van der Waals surface area contributed by atoms with Crippen molar-refractivity contribution >= 4 is 46.9 Å². The monoisotopic (exact) mass is 499 g/mol. The van der Waals surface area contributed by atoms with Crippen LogP contribution in [0.4, 0.5) is 4.79 Å². The van der Waals surface area contributed by atoms with Crippen LogP contribution in [0.15, 0.2) is 35.3 Å². The van der Waals surface area contributed by atoms with Gasteiger partial charge in [-0.2, -0.15) is 0 Å². The topological polar surface area (TPSA) is 81.8 Å². The molecule has 1 aromatic carbocycles. The second-order valence-electron chi connectivity index (χ2n) is 7.80. The van der Waals surface area contributed by atoms with Crippen LogP contribution in [0, 0.1) is 0 Å². The first-order chi connectivity index (χ1) is 12.8. The Balaban J connectivity index is 0.00000280. The lowest BCUT2D eigenvalue weighted by Crippen LogP contribution is -2.63. The number of benzene rings is 1. The number of amides is 1. The van der Waals surface area contributed by atoms with Crippen LogP contribution in [0.2, 0.25) is 0 Å². The molecule has 3 N–H and O–H groups in total. The minimum absolute atomic E-state index is 0. The minimum atomic E-state index is -0.467. The van der Waals surface area contributed by atoms with Crippen molar-refractivity contribution in [1.29, 1.82) is 0 Å². The number of carbonyl (C=O) groups is 1. The number of nitrogens with one attached hydrogen (secondary N) is 3. The maximum Gasteiger partial charge on any atom is 0.410 e. The Kier molecular flexibility index (Phi) is 7.56. The van der Waals surface area contributed by atoms with E-state index in [2.05, 4.69) is 38.8 Å². The van der Waals surface area contributed by atoms with Gasteiger partial charge < -0.3 is 25.3 Å². The summed E-state index contributed by atoms with van der Waals surface area (Å²) in [4.78, 5) is 21.8. The van der Waals surface area contributed by atoms with Crippen LogP contribution in [0.25, 0.3) is 10.9 Å². The SMILES string of the molecule is CCNC(=NCc1cc2ccccc2[nH]1)NC1CN(C(=O)OC(C)(C)C)C1.I. The zero-order valence-electron chi connectivity index (χ0n) is 16.9. The van der Waals surface area contributed by atoms with Gasteiger partial charge in [-0.15, -0.1) is 24.0 Å². The molecule has 1 amide bonds. The van der Waals surface area contributed by atoms with Crippen molar-refractivity contribution in [2.75, 3.05) is 19.6 Å². The lowest BCUT2D eigenvalue weighted by atomic mass is 10.1. The molecule has 8 heteroatoms. The summed E-state index contributed by atoms with van der Waals surface area (Å²) in [7, 11) is 0. The zero-order valence-corrected chi connectivity index (χ0v) is 19.2. The number of halogens is 1. The molecule has 0 radical (unpaired) electrons. The smallest absolute Gasteiger partial charge is 0.410 e. The van der Waals surface area contributed by atoms with Crippen molar-refractivity contribution in [3.63, 3.8) is 0 Å². The molecule has 1 aromatic heterocycles. The van der Waals surface area contributed by atoms with Crippen LogP contribution in [-0.4, -0.2) is 53.2 Å². The van der Waals surface area contributed by atoms with E-state index in [0.29, 0.717) is 19.6 Å². The fourth-order valence-corrected chi connectivity index (χ4v) is 2.94. The van der Waals surface area contributed by atoms with E-state index in [9.17, 15) is 4.79 Å². The molecule has 1 aliphatic rings. The molecule has 0 spiro atoms. The summed E-state index contributed by atoms with van der Waals surface area (Å²) in [5.74, 6) is 0.755. The number of fused-ring (bicyclic) bond motifs is 1. The number of aromatic amines is 1. The van der Waals surface area contributed by atoms with Gasteiger partial charge in [-0.05, 0) is 45.2 Å². The van der Waals surface area contributed by atoms with Gasteiger partial charge in [0.1, 0.15) is 5.60 Å². The molecule has 28 heavy (non-hydrogen) atoms. The summed E-state index contributed by atoms with van der Waals surface area (Å²) < 4.78 is 5.39. The van der Waals surface area contributed by atoms with Crippen molar-refractivity contribution in [2.24, 2.45) is 4.99 Å². The van der Waals surface area contributed by atoms with Crippen molar-refractivity contribution < 1.29 is 9.53 Å². The summed E-state index contributed by atoms with van der Waals surface area (Å²) in [6.45, 7) is 10.2. The van der Waals surface area contributed by atoms with E-state index in [4.69, 9.17) is 4.74 Å². The number of hydrogen-bond donors (Lipinski definition) is 3. The lowest BCUT2D eigenvalue weighted by molar-refractivity contribution is 0.00701. The maximum absolute atomic E-state index is 12.0. The van der Waals surface area contributed by atoms with Crippen molar-refractivity contribution in [1.82, 2.24) is 20.5 Å². The molecular formula is C20H30IN5O2. The number of H-pyrrole nitrogens is 1. The summed E-state index contributed by atoms with van der Waals surface area (Å²) >= 11 is 0. The Morgan fingerprint density at radius 3 is 2.68 bits per heavy atom. The van der Waals surface area contributed by atoms with E-state index in [1.807, 2.05) is 39.8 Å². The van der Waals surface area contributed by atoms with Gasteiger partial charge in [0, 0.05) is 30.8 Å². The highest BCUT2D eigenvalue weighted by atomic mass is 127. The van der Waals surface area contributed by atoms with E-state index in [0.717, 1.165) is 23.7 Å². The third-order valence-corrected chi connectivity index (χ3v) is 4.21. The van der Waals surface area contributed by atoms with Crippen LogP contribution in [0.1, 0.15) is 33.4 Å². The molecule has 2 aromatic rings. The number of ether oxygens (including phenoxy) is 1. The molecular weight excluding hydrogens is 469 g/mol. The number of rotatable bonds is 4. The van der Waals surface area contributed by atoms with E-state index in [1.165, 1.54) is 5.39 Å². The maximum atomic E-state index is 12.0. The number of carbonyl (C=O) groups excluding carboxylic acids is 1. The van der Waals surface area contributed by atoms with Crippen LogP contribution < -0.4 is 10.6 Å². The average molecular weight is 499 g/mol. The number of hydrogen-bond acceptors (Lipinski definition) is 3. The molecule has 0 aliphatic carbocycles. The molecule has 0 bridgehead atoms. The van der Waals surface area contributed by atoms with Gasteiger partial charge in [0.05, 0.1) is 12.6 Å². The highest BCUT2D eigenvalue weighted by Crippen LogP contribution is 2.16. The number of likely N-dealkylation sites (tertiary alicyclic amines) is 1.